The average Bonchev–Trinajstić information content (AvgIpc) is 3.18. The van der Waals surface area contributed by atoms with E-state index in [0.717, 1.165) is 77.6 Å². The predicted molar refractivity (Wildman–Crippen MR) is 108 cm³/mol. The number of carbonyl (C=O) groups is 1. The van der Waals surface area contributed by atoms with E-state index in [-0.39, 0.29) is 5.91 Å². The maximum Gasteiger partial charge on any atom is 0.221 e. The van der Waals surface area contributed by atoms with Crippen LogP contribution in [-0.2, 0) is 14.3 Å². The normalized spacial score (nSPS) is 19.2. The van der Waals surface area contributed by atoms with Crippen LogP contribution in [0.25, 0.3) is 0 Å². The van der Waals surface area contributed by atoms with Crippen LogP contribution < -0.4 is 16.0 Å². The molecule has 27 heavy (non-hydrogen) atoms. The molecule has 0 unspecified atom stereocenters. The topological polar surface area (TPSA) is 84.0 Å². The zero-order valence-electron chi connectivity index (χ0n) is 16.9. The first-order valence-corrected chi connectivity index (χ1v) is 10.7. The number of ether oxygens (including phenoxy) is 2. The molecule has 0 spiro atoms. The lowest BCUT2D eigenvalue weighted by atomic mass is 10.0. The summed E-state index contributed by atoms with van der Waals surface area (Å²) in [5.74, 6) is 1.55. The third-order valence-corrected chi connectivity index (χ3v) is 5.12. The third-order valence-electron chi connectivity index (χ3n) is 5.12. The van der Waals surface area contributed by atoms with Gasteiger partial charge in [-0.1, -0.05) is 12.8 Å². The monoisotopic (exact) mass is 382 g/mol. The van der Waals surface area contributed by atoms with Crippen LogP contribution >= 0.6 is 0 Å². The Morgan fingerprint density at radius 3 is 2.67 bits per heavy atom. The highest BCUT2D eigenvalue weighted by atomic mass is 16.5. The number of rotatable bonds is 11. The minimum absolute atomic E-state index is 0.131. The first-order chi connectivity index (χ1) is 13.3. The van der Waals surface area contributed by atoms with E-state index in [9.17, 15) is 4.79 Å². The molecule has 1 aliphatic carbocycles. The van der Waals surface area contributed by atoms with Gasteiger partial charge in [-0.05, 0) is 44.9 Å². The largest absolute Gasteiger partial charge is 0.381 e. The number of nitrogens with one attached hydrogen (secondary N) is 3. The van der Waals surface area contributed by atoms with Crippen molar-refractivity contribution in [2.45, 2.75) is 64.3 Å². The highest BCUT2D eigenvalue weighted by Gasteiger charge is 2.16. The molecule has 0 aromatic heterocycles. The first-order valence-electron chi connectivity index (χ1n) is 10.7. The minimum Gasteiger partial charge on any atom is -0.381 e. The van der Waals surface area contributed by atoms with E-state index >= 15 is 0 Å². The van der Waals surface area contributed by atoms with Crippen molar-refractivity contribution in [3.8, 4) is 0 Å². The fourth-order valence-corrected chi connectivity index (χ4v) is 3.53. The van der Waals surface area contributed by atoms with E-state index in [4.69, 9.17) is 9.47 Å². The van der Waals surface area contributed by atoms with Crippen LogP contribution in [0.15, 0.2) is 4.99 Å². The van der Waals surface area contributed by atoms with E-state index < -0.39 is 0 Å². The van der Waals surface area contributed by atoms with E-state index in [1.807, 2.05) is 6.92 Å². The fourth-order valence-electron chi connectivity index (χ4n) is 3.53. The zero-order chi connectivity index (χ0) is 19.2. The molecule has 156 valence electrons. The van der Waals surface area contributed by atoms with Crippen LogP contribution in [0.1, 0.15) is 58.3 Å². The molecule has 0 atom stereocenters. The van der Waals surface area contributed by atoms with Crippen molar-refractivity contribution in [1.82, 2.24) is 16.0 Å². The molecular formula is C20H38N4O3. The Bertz CT molecular complexity index is 433. The van der Waals surface area contributed by atoms with Gasteiger partial charge in [-0.3, -0.25) is 9.79 Å². The van der Waals surface area contributed by atoms with Gasteiger partial charge in [-0.25, -0.2) is 0 Å². The number of aliphatic imine (C=N–C) groups is 1. The summed E-state index contributed by atoms with van der Waals surface area (Å²) in [6, 6.07) is 0.389. The van der Waals surface area contributed by atoms with Crippen LogP contribution in [0.2, 0.25) is 0 Å². The first kappa shape index (κ1) is 22.0. The quantitative estimate of drug-likeness (QED) is 0.288. The van der Waals surface area contributed by atoms with Crippen LogP contribution in [0.5, 0.6) is 0 Å². The Balaban J connectivity index is 1.52. The Hall–Kier alpha value is -1.34. The molecule has 7 heteroatoms. The molecule has 3 N–H and O–H groups in total. The highest BCUT2D eigenvalue weighted by Crippen LogP contribution is 2.17. The summed E-state index contributed by atoms with van der Waals surface area (Å²) < 4.78 is 11.1. The Morgan fingerprint density at radius 2 is 1.93 bits per heavy atom. The van der Waals surface area contributed by atoms with Gasteiger partial charge >= 0.3 is 0 Å². The number of amides is 1. The summed E-state index contributed by atoms with van der Waals surface area (Å²) in [6.07, 6.45) is 8.33. The molecule has 0 aromatic rings. The van der Waals surface area contributed by atoms with Gasteiger partial charge in [0, 0.05) is 58.5 Å². The lowest BCUT2D eigenvalue weighted by molar-refractivity contribution is -0.121. The number of nitrogens with zero attached hydrogens (tertiary/aromatic N) is 1. The van der Waals surface area contributed by atoms with Crippen molar-refractivity contribution in [2.75, 3.05) is 46.1 Å². The van der Waals surface area contributed by atoms with Crippen LogP contribution in [0.3, 0.4) is 0 Å². The summed E-state index contributed by atoms with van der Waals surface area (Å²) in [4.78, 5) is 16.5. The number of hydrogen-bond donors (Lipinski definition) is 3. The molecule has 0 bridgehead atoms. The minimum atomic E-state index is 0.131. The molecule has 2 fully saturated rings. The van der Waals surface area contributed by atoms with Gasteiger partial charge in [0.15, 0.2) is 5.96 Å². The SMILES string of the molecule is CCNC(=NCCCOCC1CCOCC1)NCCC(=O)NC1CCCC1. The molecule has 2 rings (SSSR count). The van der Waals surface area contributed by atoms with Crippen molar-refractivity contribution in [3.63, 3.8) is 0 Å². The molecule has 2 aliphatic rings. The summed E-state index contributed by atoms with van der Waals surface area (Å²) in [7, 11) is 0. The average molecular weight is 383 g/mol. The van der Waals surface area contributed by atoms with E-state index in [0.29, 0.717) is 24.9 Å². The Labute approximate surface area is 164 Å². The molecule has 1 amide bonds. The van der Waals surface area contributed by atoms with E-state index in [1.54, 1.807) is 0 Å². The van der Waals surface area contributed by atoms with Crippen molar-refractivity contribution >= 4 is 11.9 Å². The van der Waals surface area contributed by atoms with Gasteiger partial charge in [0.2, 0.25) is 5.91 Å². The number of guanidine groups is 1. The van der Waals surface area contributed by atoms with Crippen molar-refractivity contribution in [3.05, 3.63) is 0 Å². The second-order valence-electron chi connectivity index (χ2n) is 7.47. The standard InChI is InChI=1S/C20H38N4O3/c1-2-21-20(23-12-8-19(25)24-18-6-3-4-7-18)22-11-5-13-27-16-17-9-14-26-15-10-17/h17-18H,2-16H2,1H3,(H,24,25)(H2,21,22,23). The molecule has 7 nitrogen and oxygen atoms in total. The highest BCUT2D eigenvalue weighted by molar-refractivity contribution is 5.81. The van der Waals surface area contributed by atoms with Crippen LogP contribution in [0, 0.1) is 5.92 Å². The van der Waals surface area contributed by atoms with Gasteiger partial charge in [0.25, 0.3) is 0 Å². The van der Waals surface area contributed by atoms with Crippen molar-refractivity contribution < 1.29 is 14.3 Å². The second-order valence-corrected chi connectivity index (χ2v) is 7.47. The summed E-state index contributed by atoms with van der Waals surface area (Å²) in [5, 5.41) is 9.58. The number of carbonyl (C=O) groups excluding carboxylic acids is 1. The lowest BCUT2D eigenvalue weighted by Crippen LogP contribution is -2.40. The van der Waals surface area contributed by atoms with E-state index in [2.05, 4.69) is 20.9 Å². The van der Waals surface area contributed by atoms with E-state index in [1.165, 1.54) is 12.8 Å². The van der Waals surface area contributed by atoms with Crippen LogP contribution in [-0.4, -0.2) is 64.0 Å². The Kier molecular flexibility index (Phi) is 11.2. The fraction of sp³-hybridized carbons (Fsp3) is 0.900. The molecular weight excluding hydrogens is 344 g/mol. The third kappa shape index (κ3) is 9.96. The summed E-state index contributed by atoms with van der Waals surface area (Å²) >= 11 is 0. The smallest absolute Gasteiger partial charge is 0.221 e. The van der Waals surface area contributed by atoms with Gasteiger partial charge in [-0.2, -0.15) is 0 Å². The summed E-state index contributed by atoms with van der Waals surface area (Å²) in [6.45, 7) is 7.48. The molecule has 1 saturated heterocycles. The number of hydrogen-bond acceptors (Lipinski definition) is 4. The van der Waals surface area contributed by atoms with Crippen molar-refractivity contribution in [2.24, 2.45) is 10.9 Å². The van der Waals surface area contributed by atoms with Gasteiger partial charge in [0.05, 0.1) is 0 Å². The van der Waals surface area contributed by atoms with Crippen molar-refractivity contribution in [1.29, 1.82) is 0 Å². The molecule has 0 aromatic carbocycles. The molecule has 1 heterocycles. The Morgan fingerprint density at radius 1 is 1.15 bits per heavy atom. The van der Waals surface area contributed by atoms with Gasteiger partial charge in [-0.15, -0.1) is 0 Å². The van der Waals surface area contributed by atoms with Crippen LogP contribution in [0.4, 0.5) is 0 Å². The lowest BCUT2D eigenvalue weighted by Gasteiger charge is -2.21. The molecule has 0 radical (unpaired) electrons. The summed E-state index contributed by atoms with van der Waals surface area (Å²) in [5.41, 5.74) is 0. The van der Waals surface area contributed by atoms with Gasteiger partial charge < -0.3 is 25.4 Å². The molecule has 1 saturated carbocycles. The maximum absolute atomic E-state index is 12.0. The van der Waals surface area contributed by atoms with Gasteiger partial charge in [0.1, 0.15) is 0 Å². The molecule has 1 aliphatic heterocycles. The second kappa shape index (κ2) is 13.8. The maximum atomic E-state index is 12.0. The zero-order valence-corrected chi connectivity index (χ0v) is 16.9. The predicted octanol–water partition coefficient (Wildman–Crippen LogP) is 1.82.